The molecule has 0 aliphatic heterocycles. The molecule has 0 aromatic heterocycles. The largest absolute Gasteiger partial charge is 0.392 e. The summed E-state index contributed by atoms with van der Waals surface area (Å²) in [5.74, 6) is 2.70. The normalized spacial score (nSPS) is 62.5. The smallest absolute Gasteiger partial charge is 0.0611 e. The van der Waals surface area contributed by atoms with Gasteiger partial charge >= 0.3 is 0 Å². The Morgan fingerprint density at radius 2 is 1.75 bits per heavy atom. The standard InChI is InChI=1S/C10H17NO/c11-9-6-1-5-2-7(4-6)10(12)8(9)3-5/h5-10,12H,1-4,11H2/t5?,6-,7+,8-,9-,10-/m1/s1. The van der Waals surface area contributed by atoms with Crippen LogP contribution in [0.5, 0.6) is 0 Å². The lowest BCUT2D eigenvalue weighted by Gasteiger charge is -2.55. The molecule has 2 nitrogen and oxygen atoms in total. The second-order valence-corrected chi connectivity index (χ2v) is 5.06. The molecule has 0 saturated heterocycles. The molecule has 12 heavy (non-hydrogen) atoms. The summed E-state index contributed by atoms with van der Waals surface area (Å²) in [6.07, 6.45) is 4.97. The summed E-state index contributed by atoms with van der Waals surface area (Å²) in [5.41, 5.74) is 6.10. The van der Waals surface area contributed by atoms with Gasteiger partial charge in [0.05, 0.1) is 6.10 Å². The average Bonchev–Trinajstić information content (AvgIpc) is 2.07. The summed E-state index contributed by atoms with van der Waals surface area (Å²) in [6.45, 7) is 0. The molecule has 2 heteroatoms. The number of nitrogens with two attached hydrogens (primary N) is 1. The van der Waals surface area contributed by atoms with Crippen LogP contribution in [0.4, 0.5) is 0 Å². The molecule has 0 spiro atoms. The van der Waals surface area contributed by atoms with E-state index in [1.54, 1.807) is 0 Å². The van der Waals surface area contributed by atoms with Gasteiger partial charge in [0, 0.05) is 12.0 Å². The van der Waals surface area contributed by atoms with Crippen molar-refractivity contribution in [1.82, 2.24) is 0 Å². The van der Waals surface area contributed by atoms with E-state index in [1.807, 2.05) is 0 Å². The predicted molar refractivity (Wildman–Crippen MR) is 46.4 cm³/mol. The molecule has 4 aliphatic carbocycles. The van der Waals surface area contributed by atoms with Gasteiger partial charge in [0.15, 0.2) is 0 Å². The Morgan fingerprint density at radius 3 is 2.58 bits per heavy atom. The molecule has 0 amide bonds. The summed E-state index contributed by atoms with van der Waals surface area (Å²) in [7, 11) is 0. The molecule has 68 valence electrons. The fourth-order valence-corrected chi connectivity index (χ4v) is 3.93. The molecule has 0 aromatic carbocycles. The predicted octanol–water partition coefficient (Wildman–Crippen LogP) is 0.741. The van der Waals surface area contributed by atoms with E-state index in [0.717, 1.165) is 11.8 Å². The molecule has 4 aliphatic rings. The Morgan fingerprint density at radius 1 is 1.00 bits per heavy atom. The van der Waals surface area contributed by atoms with E-state index in [4.69, 9.17) is 5.73 Å². The van der Waals surface area contributed by atoms with Gasteiger partial charge in [-0.1, -0.05) is 0 Å². The summed E-state index contributed by atoms with van der Waals surface area (Å²) in [5, 5.41) is 9.92. The average molecular weight is 167 g/mol. The van der Waals surface area contributed by atoms with Crippen LogP contribution in [-0.4, -0.2) is 17.3 Å². The third-order valence-electron chi connectivity index (χ3n) is 4.44. The molecule has 1 unspecified atom stereocenters. The van der Waals surface area contributed by atoms with Crippen molar-refractivity contribution < 1.29 is 5.11 Å². The third kappa shape index (κ3) is 0.775. The number of aliphatic hydroxyl groups excluding tert-OH is 1. The molecule has 4 bridgehead atoms. The zero-order valence-electron chi connectivity index (χ0n) is 7.32. The molecule has 6 atom stereocenters. The van der Waals surface area contributed by atoms with E-state index < -0.39 is 0 Å². The summed E-state index contributed by atoms with van der Waals surface area (Å²) < 4.78 is 0. The van der Waals surface area contributed by atoms with Crippen molar-refractivity contribution in [3.63, 3.8) is 0 Å². The van der Waals surface area contributed by atoms with Gasteiger partial charge in [0.2, 0.25) is 0 Å². The minimum Gasteiger partial charge on any atom is -0.392 e. The van der Waals surface area contributed by atoms with Crippen LogP contribution in [0.15, 0.2) is 0 Å². The second-order valence-electron chi connectivity index (χ2n) is 5.06. The van der Waals surface area contributed by atoms with E-state index in [9.17, 15) is 5.11 Å². The fraction of sp³-hybridized carbons (Fsp3) is 1.00. The van der Waals surface area contributed by atoms with E-state index in [0.29, 0.717) is 17.9 Å². The minimum atomic E-state index is -0.0622. The molecule has 3 N–H and O–H groups in total. The first-order chi connectivity index (χ1) is 5.75. The Labute approximate surface area is 73.1 Å². The Balaban J connectivity index is 1.93. The van der Waals surface area contributed by atoms with Crippen LogP contribution in [0.3, 0.4) is 0 Å². The van der Waals surface area contributed by atoms with Crippen LogP contribution in [0.2, 0.25) is 0 Å². The highest BCUT2D eigenvalue weighted by atomic mass is 16.3. The van der Waals surface area contributed by atoms with Gasteiger partial charge in [0.1, 0.15) is 0 Å². The van der Waals surface area contributed by atoms with E-state index >= 15 is 0 Å². The van der Waals surface area contributed by atoms with Crippen LogP contribution in [-0.2, 0) is 0 Å². The van der Waals surface area contributed by atoms with Crippen molar-refractivity contribution in [3.8, 4) is 0 Å². The van der Waals surface area contributed by atoms with Crippen molar-refractivity contribution >= 4 is 0 Å². The van der Waals surface area contributed by atoms with E-state index in [-0.39, 0.29) is 6.10 Å². The van der Waals surface area contributed by atoms with Crippen molar-refractivity contribution in [2.24, 2.45) is 29.4 Å². The van der Waals surface area contributed by atoms with Crippen molar-refractivity contribution in [2.75, 3.05) is 0 Å². The van der Waals surface area contributed by atoms with Gasteiger partial charge in [-0.2, -0.15) is 0 Å². The van der Waals surface area contributed by atoms with E-state index in [1.165, 1.54) is 25.7 Å². The van der Waals surface area contributed by atoms with Gasteiger partial charge in [-0.3, -0.25) is 0 Å². The zero-order chi connectivity index (χ0) is 8.29. The zero-order valence-corrected chi connectivity index (χ0v) is 7.32. The molecule has 4 rings (SSSR count). The number of hydrogen-bond donors (Lipinski definition) is 2. The Kier molecular flexibility index (Phi) is 1.37. The number of hydrogen-bond acceptors (Lipinski definition) is 2. The minimum absolute atomic E-state index is 0.0622. The van der Waals surface area contributed by atoms with Gasteiger partial charge in [0.25, 0.3) is 0 Å². The van der Waals surface area contributed by atoms with E-state index in [2.05, 4.69) is 0 Å². The molecular formula is C10H17NO. The Hall–Kier alpha value is -0.0800. The second kappa shape index (κ2) is 2.24. The van der Waals surface area contributed by atoms with Crippen LogP contribution in [0.1, 0.15) is 25.7 Å². The lowest BCUT2D eigenvalue weighted by Crippen LogP contribution is -2.59. The van der Waals surface area contributed by atoms with Gasteiger partial charge in [-0.05, 0) is 43.4 Å². The van der Waals surface area contributed by atoms with Gasteiger partial charge < -0.3 is 10.8 Å². The first-order valence-electron chi connectivity index (χ1n) is 5.19. The number of aliphatic hydroxyl groups is 1. The SMILES string of the molecule is N[C@@H]1[C@@H]2CC3C[C@@H](C2)[C@@H](O)[C@@H]1C3. The van der Waals surface area contributed by atoms with Crippen molar-refractivity contribution in [3.05, 3.63) is 0 Å². The third-order valence-corrected chi connectivity index (χ3v) is 4.44. The Bertz CT molecular complexity index is 188. The monoisotopic (exact) mass is 167 g/mol. The fourth-order valence-electron chi connectivity index (χ4n) is 3.93. The summed E-state index contributed by atoms with van der Waals surface area (Å²) in [6, 6.07) is 0.313. The van der Waals surface area contributed by atoms with Crippen LogP contribution >= 0.6 is 0 Å². The highest BCUT2D eigenvalue weighted by molar-refractivity contribution is 5.04. The maximum atomic E-state index is 9.92. The number of rotatable bonds is 0. The topological polar surface area (TPSA) is 46.2 Å². The molecule has 0 heterocycles. The first kappa shape index (κ1) is 7.34. The maximum Gasteiger partial charge on any atom is 0.0611 e. The summed E-state index contributed by atoms with van der Waals surface area (Å²) >= 11 is 0. The van der Waals surface area contributed by atoms with Crippen LogP contribution in [0, 0.1) is 23.7 Å². The van der Waals surface area contributed by atoms with Crippen LogP contribution < -0.4 is 5.73 Å². The maximum absolute atomic E-state index is 9.92. The van der Waals surface area contributed by atoms with Crippen molar-refractivity contribution in [1.29, 1.82) is 0 Å². The van der Waals surface area contributed by atoms with Gasteiger partial charge in [-0.25, -0.2) is 0 Å². The molecular weight excluding hydrogens is 150 g/mol. The molecule has 4 saturated carbocycles. The molecule has 4 fully saturated rings. The highest BCUT2D eigenvalue weighted by Crippen LogP contribution is 2.53. The first-order valence-corrected chi connectivity index (χ1v) is 5.19. The quantitative estimate of drug-likeness (QED) is 0.559. The van der Waals surface area contributed by atoms with Gasteiger partial charge in [-0.15, -0.1) is 0 Å². The molecule has 0 radical (unpaired) electrons. The lowest BCUT2D eigenvalue weighted by atomic mass is 9.53. The highest BCUT2D eigenvalue weighted by Gasteiger charge is 2.51. The molecule has 0 aromatic rings. The van der Waals surface area contributed by atoms with Crippen molar-refractivity contribution in [2.45, 2.75) is 37.8 Å². The summed E-state index contributed by atoms with van der Waals surface area (Å²) in [4.78, 5) is 0. The lowest BCUT2D eigenvalue weighted by molar-refractivity contribution is -0.104. The van der Waals surface area contributed by atoms with Crippen LogP contribution in [0.25, 0.3) is 0 Å².